The summed E-state index contributed by atoms with van der Waals surface area (Å²) in [6.07, 6.45) is 6.89. The maximum Gasteiger partial charge on any atom is 0.185 e. The van der Waals surface area contributed by atoms with E-state index in [1.807, 2.05) is 24.4 Å². The van der Waals surface area contributed by atoms with Gasteiger partial charge in [-0.3, -0.25) is 9.48 Å². The summed E-state index contributed by atoms with van der Waals surface area (Å²) in [5.74, 6) is 0.771. The van der Waals surface area contributed by atoms with Crippen molar-refractivity contribution in [3.63, 3.8) is 0 Å². The number of phenolic OH excluding ortho intramolecular Hbond substituents is 1. The second kappa shape index (κ2) is 8.01. The quantitative estimate of drug-likeness (QED) is 0.484. The van der Waals surface area contributed by atoms with Crippen molar-refractivity contribution in [2.45, 2.75) is 6.54 Å². The Labute approximate surface area is 159 Å². The largest absolute Gasteiger partial charge is 0.508 e. The molecular weight excluding hydrogens is 396 g/mol. The van der Waals surface area contributed by atoms with Crippen LogP contribution in [-0.2, 0) is 6.54 Å². The van der Waals surface area contributed by atoms with Crippen molar-refractivity contribution < 1.29 is 14.6 Å². The van der Waals surface area contributed by atoms with Gasteiger partial charge in [0.1, 0.15) is 11.5 Å². The number of methoxy groups -OCH3 is 1. The highest BCUT2D eigenvalue weighted by Gasteiger charge is 2.07. The molecule has 0 aliphatic rings. The van der Waals surface area contributed by atoms with Crippen LogP contribution in [0.2, 0.25) is 0 Å². The van der Waals surface area contributed by atoms with Crippen LogP contribution in [-0.4, -0.2) is 27.8 Å². The minimum absolute atomic E-state index is 0.127. The van der Waals surface area contributed by atoms with Crippen molar-refractivity contribution >= 4 is 27.8 Å². The number of ether oxygens (including phenoxy) is 1. The molecule has 5 nitrogen and oxygen atoms in total. The lowest BCUT2D eigenvalue weighted by Gasteiger charge is -2.09. The van der Waals surface area contributed by atoms with Gasteiger partial charge in [-0.05, 0) is 64.0 Å². The summed E-state index contributed by atoms with van der Waals surface area (Å²) in [7, 11) is 1.63. The zero-order chi connectivity index (χ0) is 18.5. The highest BCUT2D eigenvalue weighted by molar-refractivity contribution is 9.10. The highest BCUT2D eigenvalue weighted by atomic mass is 79.9. The Kier molecular flexibility index (Phi) is 5.53. The van der Waals surface area contributed by atoms with E-state index in [4.69, 9.17) is 4.74 Å². The number of allylic oxidation sites excluding steroid dienone is 1. The number of benzene rings is 2. The minimum Gasteiger partial charge on any atom is -0.508 e. The van der Waals surface area contributed by atoms with Crippen LogP contribution >= 0.6 is 15.9 Å². The van der Waals surface area contributed by atoms with Gasteiger partial charge >= 0.3 is 0 Å². The summed E-state index contributed by atoms with van der Waals surface area (Å²) in [6, 6.07) is 11.9. The van der Waals surface area contributed by atoms with Crippen molar-refractivity contribution in [2.24, 2.45) is 0 Å². The van der Waals surface area contributed by atoms with Gasteiger partial charge in [0.15, 0.2) is 5.78 Å². The third-order valence-electron chi connectivity index (χ3n) is 3.82. The van der Waals surface area contributed by atoms with Gasteiger partial charge in [0.25, 0.3) is 0 Å². The summed E-state index contributed by atoms with van der Waals surface area (Å²) in [5.41, 5.74) is 2.37. The lowest BCUT2D eigenvalue weighted by atomic mass is 10.1. The Morgan fingerprint density at radius 1 is 1.27 bits per heavy atom. The fraction of sp³-hybridized carbons (Fsp3) is 0.100. The number of aromatic hydroxyl groups is 1. The summed E-state index contributed by atoms with van der Waals surface area (Å²) < 4.78 is 8.13. The first-order valence-corrected chi connectivity index (χ1v) is 8.71. The molecule has 3 aromatic rings. The fourth-order valence-corrected chi connectivity index (χ4v) is 2.85. The van der Waals surface area contributed by atoms with Crippen molar-refractivity contribution in [3.8, 4) is 11.5 Å². The summed E-state index contributed by atoms with van der Waals surface area (Å²) in [5, 5.41) is 13.6. The fourth-order valence-electron chi connectivity index (χ4n) is 2.52. The van der Waals surface area contributed by atoms with Gasteiger partial charge in [0, 0.05) is 17.3 Å². The molecule has 1 heterocycles. The van der Waals surface area contributed by atoms with Crippen LogP contribution in [0.25, 0.3) is 6.08 Å². The molecular formula is C20H17BrN2O3. The van der Waals surface area contributed by atoms with Gasteiger partial charge in [0.05, 0.1) is 24.3 Å². The molecule has 0 aliphatic carbocycles. The SMILES string of the molecule is COc1ccc(/C=C/C(=O)c2ccc(O)cc2)cc1Cn1cc(Br)cn1. The molecule has 2 aromatic carbocycles. The Bertz CT molecular complexity index is 946. The van der Waals surface area contributed by atoms with E-state index in [1.54, 1.807) is 36.2 Å². The zero-order valence-electron chi connectivity index (χ0n) is 14.1. The maximum atomic E-state index is 12.2. The molecule has 0 aliphatic heterocycles. The van der Waals surface area contributed by atoms with Gasteiger partial charge in [-0.2, -0.15) is 5.10 Å². The third kappa shape index (κ3) is 4.40. The molecule has 0 saturated heterocycles. The van der Waals surface area contributed by atoms with Crippen LogP contribution in [0.3, 0.4) is 0 Å². The predicted octanol–water partition coefficient (Wildman–Crippen LogP) is 4.30. The first-order valence-electron chi connectivity index (χ1n) is 7.91. The van der Waals surface area contributed by atoms with Crippen LogP contribution in [0.15, 0.2) is 65.4 Å². The van der Waals surface area contributed by atoms with E-state index in [-0.39, 0.29) is 11.5 Å². The van der Waals surface area contributed by atoms with Crippen LogP contribution in [0.5, 0.6) is 11.5 Å². The average molecular weight is 413 g/mol. The van der Waals surface area contributed by atoms with Crippen LogP contribution in [0.1, 0.15) is 21.5 Å². The molecule has 0 saturated carbocycles. The average Bonchev–Trinajstić information content (AvgIpc) is 3.05. The number of rotatable bonds is 6. The predicted molar refractivity (Wildman–Crippen MR) is 103 cm³/mol. The molecule has 3 rings (SSSR count). The van der Waals surface area contributed by atoms with Gasteiger partial charge in [-0.1, -0.05) is 12.1 Å². The molecule has 0 radical (unpaired) electrons. The Morgan fingerprint density at radius 2 is 2.04 bits per heavy atom. The molecule has 0 spiro atoms. The normalized spacial score (nSPS) is 11.0. The minimum atomic E-state index is -0.127. The Hall–Kier alpha value is -2.86. The van der Waals surface area contributed by atoms with Crippen LogP contribution in [0.4, 0.5) is 0 Å². The molecule has 0 bridgehead atoms. The Balaban J connectivity index is 1.80. The number of aromatic nitrogens is 2. The number of carbonyl (C=O) groups is 1. The molecule has 6 heteroatoms. The number of nitrogens with zero attached hydrogens (tertiary/aromatic N) is 2. The van der Waals surface area contributed by atoms with Gasteiger partial charge in [-0.25, -0.2) is 0 Å². The second-order valence-electron chi connectivity index (χ2n) is 5.67. The molecule has 132 valence electrons. The molecule has 0 unspecified atom stereocenters. The standard InChI is InChI=1S/C20H17BrN2O3/c1-26-20-9-3-14(10-16(20)12-23-13-17(21)11-22-23)2-8-19(25)15-4-6-18(24)7-5-15/h2-11,13,24H,12H2,1H3/b8-2+. The van der Waals surface area contributed by atoms with E-state index in [1.165, 1.54) is 18.2 Å². The van der Waals surface area contributed by atoms with Crippen LogP contribution in [0, 0.1) is 0 Å². The van der Waals surface area contributed by atoms with Crippen LogP contribution < -0.4 is 4.74 Å². The molecule has 0 atom stereocenters. The van der Waals surface area contributed by atoms with Crippen molar-refractivity contribution in [2.75, 3.05) is 7.11 Å². The number of ketones is 1. The lowest BCUT2D eigenvalue weighted by Crippen LogP contribution is -2.02. The molecule has 0 fully saturated rings. The molecule has 1 N–H and O–H groups in total. The van der Waals surface area contributed by atoms with Crippen molar-refractivity contribution in [1.29, 1.82) is 0 Å². The Morgan fingerprint density at radius 3 is 2.69 bits per heavy atom. The smallest absolute Gasteiger partial charge is 0.185 e. The molecule has 26 heavy (non-hydrogen) atoms. The zero-order valence-corrected chi connectivity index (χ0v) is 15.7. The summed E-state index contributed by atoms with van der Waals surface area (Å²) >= 11 is 3.38. The van der Waals surface area contributed by atoms with E-state index in [0.717, 1.165) is 21.3 Å². The van der Waals surface area contributed by atoms with E-state index in [2.05, 4.69) is 21.0 Å². The monoisotopic (exact) mass is 412 g/mol. The van der Waals surface area contributed by atoms with E-state index >= 15 is 0 Å². The topological polar surface area (TPSA) is 64.3 Å². The second-order valence-corrected chi connectivity index (χ2v) is 6.59. The maximum absolute atomic E-state index is 12.2. The lowest BCUT2D eigenvalue weighted by molar-refractivity contribution is 0.104. The number of hydrogen-bond donors (Lipinski definition) is 1. The first kappa shape index (κ1) is 17.9. The summed E-state index contributed by atoms with van der Waals surface area (Å²) in [6.45, 7) is 0.558. The first-order chi connectivity index (χ1) is 12.5. The number of phenols is 1. The van der Waals surface area contributed by atoms with Gasteiger partial charge < -0.3 is 9.84 Å². The summed E-state index contributed by atoms with van der Waals surface area (Å²) in [4.78, 5) is 12.2. The molecule has 1 aromatic heterocycles. The third-order valence-corrected chi connectivity index (χ3v) is 4.23. The molecule has 0 amide bonds. The number of carbonyl (C=O) groups excluding carboxylic acids is 1. The van der Waals surface area contributed by atoms with E-state index in [0.29, 0.717) is 12.1 Å². The highest BCUT2D eigenvalue weighted by Crippen LogP contribution is 2.22. The number of halogens is 1. The van der Waals surface area contributed by atoms with Crippen molar-refractivity contribution in [3.05, 3.63) is 82.1 Å². The number of hydrogen-bond acceptors (Lipinski definition) is 4. The van der Waals surface area contributed by atoms with Gasteiger partial charge in [-0.15, -0.1) is 0 Å². The van der Waals surface area contributed by atoms with E-state index < -0.39 is 0 Å². The van der Waals surface area contributed by atoms with E-state index in [9.17, 15) is 9.90 Å². The van der Waals surface area contributed by atoms with Gasteiger partial charge in [0.2, 0.25) is 0 Å². The van der Waals surface area contributed by atoms with Crippen molar-refractivity contribution in [1.82, 2.24) is 9.78 Å².